The van der Waals surface area contributed by atoms with Gasteiger partial charge in [0.1, 0.15) is 5.75 Å². The van der Waals surface area contributed by atoms with E-state index in [1.807, 2.05) is 6.92 Å². The molecule has 2 rings (SSSR count). The van der Waals surface area contributed by atoms with Gasteiger partial charge in [0, 0.05) is 18.7 Å². The van der Waals surface area contributed by atoms with Crippen molar-refractivity contribution in [2.75, 3.05) is 32.8 Å². The molecule has 7 heteroatoms. The van der Waals surface area contributed by atoms with Gasteiger partial charge in [-0.3, -0.25) is 9.69 Å². The second kappa shape index (κ2) is 8.37. The van der Waals surface area contributed by atoms with Gasteiger partial charge in [-0.15, -0.1) is 0 Å². The van der Waals surface area contributed by atoms with Crippen LogP contribution in [0.4, 0.5) is 13.2 Å². The smallest absolute Gasteiger partial charge is 0.401 e. The summed E-state index contributed by atoms with van der Waals surface area (Å²) in [5, 5.41) is 2.82. The monoisotopic (exact) mass is 344 g/mol. The Morgan fingerprint density at radius 2 is 2.04 bits per heavy atom. The van der Waals surface area contributed by atoms with Crippen molar-refractivity contribution in [1.82, 2.24) is 10.2 Å². The van der Waals surface area contributed by atoms with Crippen LogP contribution in [0.15, 0.2) is 24.3 Å². The molecule has 1 N–H and O–H groups in total. The largest absolute Gasteiger partial charge is 0.494 e. The molecule has 0 bridgehead atoms. The molecule has 1 saturated heterocycles. The SMILES string of the molecule is CCOc1ccc(C(=O)NCC2CCCN(CC(F)(F)F)C2)cc1. The molecule has 1 aliphatic rings. The molecular weight excluding hydrogens is 321 g/mol. The van der Waals surface area contributed by atoms with E-state index in [-0.39, 0.29) is 11.8 Å². The number of alkyl halides is 3. The number of hydrogen-bond donors (Lipinski definition) is 1. The van der Waals surface area contributed by atoms with Crippen molar-refractivity contribution in [1.29, 1.82) is 0 Å². The number of rotatable bonds is 6. The first-order chi connectivity index (χ1) is 11.4. The number of hydrogen-bond acceptors (Lipinski definition) is 3. The van der Waals surface area contributed by atoms with Crippen LogP contribution in [0.3, 0.4) is 0 Å². The minimum Gasteiger partial charge on any atom is -0.494 e. The first-order valence-corrected chi connectivity index (χ1v) is 8.17. The summed E-state index contributed by atoms with van der Waals surface area (Å²) >= 11 is 0. The zero-order valence-electron chi connectivity index (χ0n) is 13.7. The van der Waals surface area contributed by atoms with Crippen LogP contribution < -0.4 is 10.1 Å². The lowest BCUT2D eigenvalue weighted by Gasteiger charge is -2.33. The van der Waals surface area contributed by atoms with Crippen LogP contribution >= 0.6 is 0 Å². The molecule has 1 aliphatic heterocycles. The molecule has 0 spiro atoms. The Balaban J connectivity index is 1.80. The minimum atomic E-state index is -4.17. The van der Waals surface area contributed by atoms with Gasteiger partial charge in [0.2, 0.25) is 0 Å². The summed E-state index contributed by atoms with van der Waals surface area (Å²) in [5.74, 6) is 0.530. The third kappa shape index (κ3) is 6.03. The molecule has 1 aromatic carbocycles. The maximum atomic E-state index is 12.5. The molecule has 134 valence electrons. The van der Waals surface area contributed by atoms with E-state index >= 15 is 0 Å². The number of carbonyl (C=O) groups excluding carboxylic acids is 1. The molecule has 0 aromatic heterocycles. The van der Waals surface area contributed by atoms with Gasteiger partial charge in [0.25, 0.3) is 5.91 Å². The highest BCUT2D eigenvalue weighted by atomic mass is 19.4. The van der Waals surface area contributed by atoms with Gasteiger partial charge in [-0.2, -0.15) is 13.2 Å². The molecule has 0 saturated carbocycles. The Morgan fingerprint density at radius 3 is 2.67 bits per heavy atom. The Bertz CT molecular complexity index is 532. The second-order valence-electron chi connectivity index (χ2n) is 6.03. The van der Waals surface area contributed by atoms with Gasteiger partial charge in [-0.25, -0.2) is 0 Å². The van der Waals surface area contributed by atoms with Gasteiger partial charge in [-0.05, 0) is 56.5 Å². The van der Waals surface area contributed by atoms with Crippen molar-refractivity contribution >= 4 is 5.91 Å². The van der Waals surface area contributed by atoms with Crippen LogP contribution in [0.2, 0.25) is 0 Å². The Labute approximate surface area is 140 Å². The third-order valence-corrected chi connectivity index (χ3v) is 3.98. The van der Waals surface area contributed by atoms with Crippen LogP contribution in [-0.4, -0.2) is 49.8 Å². The van der Waals surface area contributed by atoms with E-state index in [2.05, 4.69) is 5.32 Å². The maximum absolute atomic E-state index is 12.5. The number of ether oxygens (including phenoxy) is 1. The predicted octanol–water partition coefficient (Wildman–Crippen LogP) is 3.09. The summed E-state index contributed by atoms with van der Waals surface area (Å²) in [4.78, 5) is 13.5. The minimum absolute atomic E-state index is 0.0488. The Kier molecular flexibility index (Phi) is 6.48. The Hall–Kier alpha value is -1.76. The van der Waals surface area contributed by atoms with E-state index in [1.165, 1.54) is 4.90 Å². The number of halogens is 3. The number of piperidine rings is 1. The first-order valence-electron chi connectivity index (χ1n) is 8.17. The third-order valence-electron chi connectivity index (χ3n) is 3.98. The average molecular weight is 344 g/mol. The van der Waals surface area contributed by atoms with E-state index < -0.39 is 12.7 Å². The van der Waals surface area contributed by atoms with Crippen molar-refractivity contribution in [2.45, 2.75) is 25.9 Å². The van der Waals surface area contributed by atoms with Crippen molar-refractivity contribution in [3.63, 3.8) is 0 Å². The molecule has 24 heavy (non-hydrogen) atoms. The molecule has 1 atom stereocenters. The number of nitrogens with zero attached hydrogens (tertiary/aromatic N) is 1. The van der Waals surface area contributed by atoms with Gasteiger partial charge in [0.05, 0.1) is 13.2 Å². The average Bonchev–Trinajstić information content (AvgIpc) is 2.52. The molecule has 1 fully saturated rings. The number of nitrogens with one attached hydrogen (secondary N) is 1. The summed E-state index contributed by atoms with van der Waals surface area (Å²) in [5.41, 5.74) is 0.515. The highest BCUT2D eigenvalue weighted by Crippen LogP contribution is 2.22. The zero-order chi connectivity index (χ0) is 17.6. The summed E-state index contributed by atoms with van der Waals surface area (Å²) in [6.45, 7) is 2.77. The lowest BCUT2D eigenvalue weighted by atomic mass is 9.98. The molecule has 1 aromatic rings. The summed E-state index contributed by atoms with van der Waals surface area (Å²) < 4.78 is 42.7. The lowest BCUT2D eigenvalue weighted by molar-refractivity contribution is -0.149. The van der Waals surface area contributed by atoms with Crippen LogP contribution in [0.1, 0.15) is 30.1 Å². The normalized spacial score (nSPS) is 19.1. The van der Waals surface area contributed by atoms with Crippen LogP contribution in [-0.2, 0) is 0 Å². The van der Waals surface area contributed by atoms with Gasteiger partial charge in [0.15, 0.2) is 0 Å². The number of carbonyl (C=O) groups is 1. The van der Waals surface area contributed by atoms with Crippen LogP contribution in [0.5, 0.6) is 5.75 Å². The second-order valence-corrected chi connectivity index (χ2v) is 6.03. The first kappa shape index (κ1) is 18.6. The predicted molar refractivity (Wildman–Crippen MR) is 85.2 cm³/mol. The summed E-state index contributed by atoms with van der Waals surface area (Å²) in [7, 11) is 0. The molecule has 0 aliphatic carbocycles. The lowest BCUT2D eigenvalue weighted by Crippen LogP contribution is -2.44. The van der Waals surface area contributed by atoms with E-state index in [9.17, 15) is 18.0 Å². The highest BCUT2D eigenvalue weighted by molar-refractivity contribution is 5.94. The summed E-state index contributed by atoms with van der Waals surface area (Å²) in [6, 6.07) is 6.81. The van der Waals surface area contributed by atoms with Crippen LogP contribution in [0, 0.1) is 5.92 Å². The van der Waals surface area contributed by atoms with Crippen molar-refractivity contribution < 1.29 is 22.7 Å². The van der Waals surface area contributed by atoms with E-state index in [0.29, 0.717) is 37.6 Å². The van der Waals surface area contributed by atoms with Crippen molar-refractivity contribution in [3.8, 4) is 5.75 Å². The Morgan fingerprint density at radius 1 is 1.33 bits per heavy atom. The van der Waals surface area contributed by atoms with E-state index in [1.54, 1.807) is 24.3 Å². The number of benzene rings is 1. The molecule has 0 radical (unpaired) electrons. The van der Waals surface area contributed by atoms with E-state index in [4.69, 9.17) is 4.74 Å². The quantitative estimate of drug-likeness (QED) is 0.862. The maximum Gasteiger partial charge on any atom is 0.401 e. The fourth-order valence-corrected chi connectivity index (χ4v) is 2.92. The fraction of sp³-hybridized carbons (Fsp3) is 0.588. The van der Waals surface area contributed by atoms with Gasteiger partial charge >= 0.3 is 6.18 Å². The van der Waals surface area contributed by atoms with Crippen LogP contribution in [0.25, 0.3) is 0 Å². The standard InChI is InChI=1S/C17H23F3N2O2/c1-2-24-15-7-5-14(6-8-15)16(23)21-10-13-4-3-9-22(11-13)12-17(18,19)20/h5-8,13H,2-4,9-12H2,1H3,(H,21,23). The highest BCUT2D eigenvalue weighted by Gasteiger charge is 2.33. The number of amides is 1. The van der Waals surface area contributed by atoms with Gasteiger partial charge < -0.3 is 10.1 Å². The molecule has 1 unspecified atom stereocenters. The van der Waals surface area contributed by atoms with Crippen molar-refractivity contribution in [3.05, 3.63) is 29.8 Å². The topological polar surface area (TPSA) is 41.6 Å². The molecule has 4 nitrogen and oxygen atoms in total. The summed E-state index contributed by atoms with van der Waals surface area (Å²) in [6.07, 6.45) is -2.62. The zero-order valence-corrected chi connectivity index (χ0v) is 13.7. The molecule has 1 heterocycles. The molecule has 1 amide bonds. The van der Waals surface area contributed by atoms with Crippen molar-refractivity contribution in [2.24, 2.45) is 5.92 Å². The number of likely N-dealkylation sites (tertiary alicyclic amines) is 1. The van der Waals surface area contributed by atoms with Gasteiger partial charge in [-0.1, -0.05) is 0 Å². The molecular formula is C17H23F3N2O2. The fourth-order valence-electron chi connectivity index (χ4n) is 2.92. The van der Waals surface area contributed by atoms with E-state index in [0.717, 1.165) is 12.8 Å².